The number of H-pyrrole nitrogens is 1. The molecule has 0 unspecified atom stereocenters. The Labute approximate surface area is 122 Å². The molecule has 0 aliphatic heterocycles. The monoisotopic (exact) mass is 286 g/mol. The molecule has 2 aromatic rings. The molecule has 2 N–H and O–H groups in total. The van der Waals surface area contributed by atoms with Crippen LogP contribution in [-0.4, -0.2) is 21.2 Å². The van der Waals surface area contributed by atoms with Gasteiger partial charge in [0.15, 0.2) is 0 Å². The fourth-order valence-corrected chi connectivity index (χ4v) is 2.89. The number of non-ortho nitro benzene ring substituents is 1. The number of aromatic nitrogens is 2. The predicted molar refractivity (Wildman–Crippen MR) is 79.0 cm³/mol. The smallest absolute Gasteiger partial charge is 0.269 e. The molecule has 6 nitrogen and oxygen atoms in total. The Morgan fingerprint density at radius 3 is 2.90 bits per heavy atom. The third kappa shape index (κ3) is 2.95. The SMILES string of the molecule is C[C@@H](N[C@H]1CCc2[nH]ncc2C1)c1ccc([N+](=O)[O-])cc1. The number of aromatic amines is 1. The zero-order valence-electron chi connectivity index (χ0n) is 11.9. The van der Waals surface area contributed by atoms with Gasteiger partial charge in [-0.1, -0.05) is 12.1 Å². The zero-order valence-corrected chi connectivity index (χ0v) is 11.9. The standard InChI is InChI=1S/C15H18N4O2/c1-10(11-2-5-14(6-3-11)19(20)21)17-13-4-7-15-12(8-13)9-16-18-15/h2-3,5-6,9-10,13,17H,4,7-8H2,1H3,(H,16,18)/t10-,13+/m1/s1. The van der Waals surface area contributed by atoms with E-state index in [2.05, 4.69) is 22.4 Å². The molecule has 0 radical (unpaired) electrons. The first-order valence-electron chi connectivity index (χ1n) is 7.15. The molecule has 21 heavy (non-hydrogen) atoms. The molecular weight excluding hydrogens is 268 g/mol. The zero-order chi connectivity index (χ0) is 14.8. The molecule has 1 heterocycles. The Balaban J connectivity index is 1.64. The maximum atomic E-state index is 10.7. The van der Waals surface area contributed by atoms with Gasteiger partial charge in [-0.25, -0.2) is 0 Å². The van der Waals surface area contributed by atoms with E-state index < -0.39 is 0 Å². The van der Waals surface area contributed by atoms with Crippen LogP contribution >= 0.6 is 0 Å². The van der Waals surface area contributed by atoms with Crippen molar-refractivity contribution in [1.29, 1.82) is 0 Å². The van der Waals surface area contributed by atoms with Crippen LogP contribution in [0, 0.1) is 10.1 Å². The van der Waals surface area contributed by atoms with Crippen LogP contribution in [0.4, 0.5) is 5.69 Å². The lowest BCUT2D eigenvalue weighted by molar-refractivity contribution is -0.384. The number of nitro benzene ring substituents is 1. The molecule has 0 amide bonds. The van der Waals surface area contributed by atoms with E-state index in [0.717, 1.165) is 24.8 Å². The van der Waals surface area contributed by atoms with Crippen molar-refractivity contribution in [2.75, 3.05) is 0 Å². The highest BCUT2D eigenvalue weighted by molar-refractivity contribution is 5.34. The molecule has 0 bridgehead atoms. The van der Waals surface area contributed by atoms with E-state index in [1.807, 2.05) is 18.3 Å². The summed E-state index contributed by atoms with van der Waals surface area (Å²) in [7, 11) is 0. The molecule has 3 rings (SSSR count). The number of aryl methyl sites for hydroxylation is 1. The van der Waals surface area contributed by atoms with Crippen molar-refractivity contribution in [2.24, 2.45) is 0 Å². The van der Waals surface area contributed by atoms with Crippen molar-refractivity contribution in [1.82, 2.24) is 15.5 Å². The van der Waals surface area contributed by atoms with E-state index in [0.29, 0.717) is 6.04 Å². The molecule has 0 saturated heterocycles. The van der Waals surface area contributed by atoms with E-state index in [1.165, 1.54) is 11.3 Å². The fraction of sp³-hybridized carbons (Fsp3) is 0.400. The Hall–Kier alpha value is -2.21. The van der Waals surface area contributed by atoms with Crippen molar-refractivity contribution in [3.63, 3.8) is 0 Å². The van der Waals surface area contributed by atoms with Crippen molar-refractivity contribution in [2.45, 2.75) is 38.3 Å². The normalized spacial score (nSPS) is 19.0. The molecule has 110 valence electrons. The molecule has 6 heteroatoms. The number of rotatable bonds is 4. The largest absolute Gasteiger partial charge is 0.307 e. The molecular formula is C15H18N4O2. The van der Waals surface area contributed by atoms with Gasteiger partial charge >= 0.3 is 0 Å². The number of nitrogens with zero attached hydrogens (tertiary/aromatic N) is 2. The van der Waals surface area contributed by atoms with E-state index in [-0.39, 0.29) is 16.7 Å². The summed E-state index contributed by atoms with van der Waals surface area (Å²) < 4.78 is 0. The molecule has 1 aliphatic rings. The second-order valence-electron chi connectivity index (χ2n) is 5.55. The van der Waals surface area contributed by atoms with Gasteiger partial charge in [0.1, 0.15) is 0 Å². The maximum Gasteiger partial charge on any atom is 0.269 e. The molecule has 1 aliphatic carbocycles. The summed E-state index contributed by atoms with van der Waals surface area (Å²) in [6.45, 7) is 2.09. The number of hydrogen-bond acceptors (Lipinski definition) is 4. The molecule has 1 aromatic carbocycles. The lowest BCUT2D eigenvalue weighted by atomic mass is 9.92. The van der Waals surface area contributed by atoms with E-state index >= 15 is 0 Å². The summed E-state index contributed by atoms with van der Waals surface area (Å²) in [5.74, 6) is 0. The Kier molecular flexibility index (Phi) is 3.70. The number of fused-ring (bicyclic) bond motifs is 1. The van der Waals surface area contributed by atoms with Crippen LogP contribution in [-0.2, 0) is 12.8 Å². The first-order chi connectivity index (χ1) is 10.1. The minimum absolute atomic E-state index is 0.131. The summed E-state index contributed by atoms with van der Waals surface area (Å²) in [4.78, 5) is 10.3. The summed E-state index contributed by atoms with van der Waals surface area (Å²) in [6, 6.07) is 7.35. The van der Waals surface area contributed by atoms with Gasteiger partial charge in [-0.2, -0.15) is 5.10 Å². The molecule has 0 spiro atoms. The minimum Gasteiger partial charge on any atom is -0.307 e. The van der Waals surface area contributed by atoms with Gasteiger partial charge in [-0.15, -0.1) is 0 Å². The van der Waals surface area contributed by atoms with E-state index in [4.69, 9.17) is 0 Å². The van der Waals surface area contributed by atoms with Crippen molar-refractivity contribution >= 4 is 5.69 Å². The Bertz CT molecular complexity index is 635. The molecule has 2 atom stereocenters. The van der Waals surface area contributed by atoms with Gasteiger partial charge in [0, 0.05) is 29.9 Å². The number of benzene rings is 1. The highest BCUT2D eigenvalue weighted by atomic mass is 16.6. The molecule has 1 aromatic heterocycles. The van der Waals surface area contributed by atoms with Crippen LogP contribution in [0.5, 0.6) is 0 Å². The number of nitrogens with one attached hydrogen (secondary N) is 2. The van der Waals surface area contributed by atoms with Crippen LogP contribution in [0.3, 0.4) is 0 Å². The first kappa shape index (κ1) is 13.8. The van der Waals surface area contributed by atoms with Crippen molar-refractivity contribution in [3.8, 4) is 0 Å². The third-order valence-corrected chi connectivity index (χ3v) is 4.11. The van der Waals surface area contributed by atoms with Gasteiger partial charge < -0.3 is 5.32 Å². The number of nitro groups is 1. The van der Waals surface area contributed by atoms with E-state index in [1.54, 1.807) is 12.1 Å². The fourth-order valence-electron chi connectivity index (χ4n) is 2.89. The summed E-state index contributed by atoms with van der Waals surface area (Å²) in [5.41, 5.74) is 3.73. The average Bonchev–Trinajstić information content (AvgIpc) is 2.95. The second kappa shape index (κ2) is 5.65. The molecule has 0 fully saturated rings. The quantitative estimate of drug-likeness (QED) is 0.668. The Morgan fingerprint density at radius 2 is 2.19 bits per heavy atom. The predicted octanol–water partition coefficient (Wildman–Crippen LogP) is 2.53. The average molecular weight is 286 g/mol. The van der Waals surface area contributed by atoms with Crippen LogP contribution in [0.1, 0.15) is 36.2 Å². The van der Waals surface area contributed by atoms with Gasteiger partial charge in [0.2, 0.25) is 0 Å². The van der Waals surface area contributed by atoms with Crippen LogP contribution in [0.15, 0.2) is 30.5 Å². The highest BCUT2D eigenvalue weighted by Crippen LogP contribution is 2.23. The van der Waals surface area contributed by atoms with Gasteiger partial charge in [0.25, 0.3) is 5.69 Å². The topological polar surface area (TPSA) is 83.8 Å². The summed E-state index contributed by atoms with van der Waals surface area (Å²) >= 11 is 0. The summed E-state index contributed by atoms with van der Waals surface area (Å²) in [5, 5.41) is 21.4. The van der Waals surface area contributed by atoms with Crippen molar-refractivity contribution < 1.29 is 4.92 Å². The first-order valence-corrected chi connectivity index (χ1v) is 7.15. The van der Waals surface area contributed by atoms with Gasteiger partial charge in [-0.3, -0.25) is 15.2 Å². The van der Waals surface area contributed by atoms with E-state index in [9.17, 15) is 10.1 Å². The lowest BCUT2D eigenvalue weighted by Crippen LogP contribution is -2.36. The Morgan fingerprint density at radius 1 is 1.43 bits per heavy atom. The summed E-state index contributed by atoms with van der Waals surface area (Å²) in [6.07, 6.45) is 4.97. The highest BCUT2D eigenvalue weighted by Gasteiger charge is 2.21. The van der Waals surface area contributed by atoms with Crippen LogP contribution in [0.25, 0.3) is 0 Å². The van der Waals surface area contributed by atoms with Gasteiger partial charge in [-0.05, 0) is 37.3 Å². The molecule has 0 saturated carbocycles. The van der Waals surface area contributed by atoms with Crippen molar-refractivity contribution in [3.05, 3.63) is 57.4 Å². The number of hydrogen-bond donors (Lipinski definition) is 2. The van der Waals surface area contributed by atoms with Crippen LogP contribution < -0.4 is 5.32 Å². The van der Waals surface area contributed by atoms with Crippen LogP contribution in [0.2, 0.25) is 0 Å². The lowest BCUT2D eigenvalue weighted by Gasteiger charge is -2.26. The van der Waals surface area contributed by atoms with Gasteiger partial charge in [0.05, 0.1) is 11.1 Å². The minimum atomic E-state index is -0.372. The third-order valence-electron chi connectivity index (χ3n) is 4.11. The second-order valence-corrected chi connectivity index (χ2v) is 5.55. The maximum absolute atomic E-state index is 10.7.